The van der Waals surface area contributed by atoms with Gasteiger partial charge >= 0.3 is 0 Å². The summed E-state index contributed by atoms with van der Waals surface area (Å²) in [4.78, 5) is 5.53. The van der Waals surface area contributed by atoms with Crippen LogP contribution in [0, 0.1) is 0 Å². The van der Waals surface area contributed by atoms with Crippen LogP contribution in [0.15, 0.2) is 23.8 Å². The number of ether oxygens (including phenoxy) is 1. The first-order chi connectivity index (χ1) is 9.30. The summed E-state index contributed by atoms with van der Waals surface area (Å²) in [5, 5.41) is 2.01. The summed E-state index contributed by atoms with van der Waals surface area (Å²) < 4.78 is 7.52. The summed E-state index contributed by atoms with van der Waals surface area (Å²) in [6.07, 6.45) is 5.69. The maximum Gasteiger partial charge on any atom is 0.134 e. The highest BCUT2D eigenvalue weighted by atomic mass is 32.1. The first-order valence-electron chi connectivity index (χ1n) is 6.37. The van der Waals surface area contributed by atoms with E-state index in [0.717, 1.165) is 35.8 Å². The molecule has 0 spiro atoms. The van der Waals surface area contributed by atoms with Gasteiger partial charge in [0.2, 0.25) is 0 Å². The minimum absolute atomic E-state index is 0.0213. The third-order valence-corrected chi connectivity index (χ3v) is 4.06. The van der Waals surface area contributed by atoms with Crippen molar-refractivity contribution < 1.29 is 4.74 Å². The van der Waals surface area contributed by atoms with Crippen molar-refractivity contribution in [2.24, 2.45) is 5.84 Å². The van der Waals surface area contributed by atoms with Gasteiger partial charge in [0, 0.05) is 25.4 Å². The van der Waals surface area contributed by atoms with Gasteiger partial charge in [-0.05, 0) is 17.9 Å². The highest BCUT2D eigenvalue weighted by Crippen LogP contribution is 2.32. The second-order valence-electron chi connectivity index (χ2n) is 4.31. The molecule has 0 aliphatic rings. The molecule has 1 atom stereocenters. The molecule has 0 bridgehead atoms. The predicted molar refractivity (Wildman–Crippen MR) is 77.2 cm³/mol. The summed E-state index contributed by atoms with van der Waals surface area (Å²) in [5.41, 5.74) is 2.86. The zero-order chi connectivity index (χ0) is 13.7. The molecule has 0 aliphatic heterocycles. The molecule has 104 valence electrons. The Hall–Kier alpha value is -1.37. The minimum Gasteiger partial charge on any atom is -0.496 e. The van der Waals surface area contributed by atoms with Gasteiger partial charge < -0.3 is 9.30 Å². The van der Waals surface area contributed by atoms with Gasteiger partial charge in [-0.25, -0.2) is 4.98 Å². The van der Waals surface area contributed by atoms with E-state index in [4.69, 9.17) is 10.6 Å². The Balaban J connectivity index is 2.17. The van der Waals surface area contributed by atoms with Gasteiger partial charge in [-0.1, -0.05) is 6.92 Å². The van der Waals surface area contributed by atoms with E-state index in [-0.39, 0.29) is 6.04 Å². The lowest BCUT2D eigenvalue weighted by molar-refractivity contribution is 0.402. The Labute approximate surface area is 117 Å². The largest absolute Gasteiger partial charge is 0.496 e. The molecule has 0 aliphatic carbocycles. The maximum absolute atomic E-state index is 5.69. The highest BCUT2D eigenvalue weighted by Gasteiger charge is 2.19. The zero-order valence-electron chi connectivity index (χ0n) is 11.3. The van der Waals surface area contributed by atoms with Crippen molar-refractivity contribution in [2.45, 2.75) is 32.4 Å². The summed E-state index contributed by atoms with van der Waals surface area (Å²) in [6.45, 7) is 3.14. The van der Waals surface area contributed by atoms with E-state index in [0.29, 0.717) is 0 Å². The molecule has 0 fully saturated rings. The van der Waals surface area contributed by atoms with Crippen molar-refractivity contribution in [3.8, 4) is 5.75 Å². The van der Waals surface area contributed by atoms with Crippen LogP contribution in [0.25, 0.3) is 0 Å². The predicted octanol–water partition coefficient (Wildman–Crippen LogP) is 2.11. The lowest BCUT2D eigenvalue weighted by Crippen LogP contribution is -2.30. The van der Waals surface area contributed by atoms with E-state index < -0.39 is 0 Å². The number of thiophene rings is 1. The van der Waals surface area contributed by atoms with E-state index in [9.17, 15) is 0 Å². The lowest BCUT2D eigenvalue weighted by Gasteiger charge is -2.16. The summed E-state index contributed by atoms with van der Waals surface area (Å²) in [6, 6.07) is 1.98. The molecule has 0 saturated carbocycles. The molecule has 1 unspecified atom stereocenters. The van der Waals surface area contributed by atoms with Crippen LogP contribution in [0.2, 0.25) is 0 Å². The Morgan fingerprint density at radius 3 is 3.11 bits per heavy atom. The van der Waals surface area contributed by atoms with E-state index in [1.54, 1.807) is 18.4 Å². The van der Waals surface area contributed by atoms with Crippen LogP contribution in [0.4, 0.5) is 0 Å². The molecule has 5 nitrogen and oxygen atoms in total. The molecule has 2 aromatic heterocycles. The highest BCUT2D eigenvalue weighted by molar-refractivity contribution is 7.10. The number of hydrogen-bond acceptors (Lipinski definition) is 5. The molecule has 2 heterocycles. The lowest BCUT2D eigenvalue weighted by atomic mass is 10.1. The van der Waals surface area contributed by atoms with Crippen LogP contribution < -0.4 is 16.0 Å². The van der Waals surface area contributed by atoms with Crippen molar-refractivity contribution in [3.05, 3.63) is 34.5 Å². The Morgan fingerprint density at radius 1 is 1.58 bits per heavy atom. The van der Waals surface area contributed by atoms with E-state index in [1.165, 1.54) is 0 Å². The average Bonchev–Trinajstić information content (AvgIpc) is 3.05. The van der Waals surface area contributed by atoms with Crippen molar-refractivity contribution in [3.63, 3.8) is 0 Å². The van der Waals surface area contributed by atoms with E-state index in [2.05, 4.69) is 21.9 Å². The van der Waals surface area contributed by atoms with Crippen LogP contribution in [-0.2, 0) is 13.0 Å². The standard InChI is InChI=1S/C13H20N4OS/c1-3-6-17-7-5-15-12(17)9-10(16-14)13-11(18-2)4-8-19-13/h4-5,7-8,10,16H,3,6,9,14H2,1-2H3. The second kappa shape index (κ2) is 6.70. The van der Waals surface area contributed by atoms with Crippen molar-refractivity contribution in [1.82, 2.24) is 15.0 Å². The average molecular weight is 280 g/mol. The normalized spacial score (nSPS) is 12.6. The van der Waals surface area contributed by atoms with Crippen LogP contribution in [0.1, 0.15) is 30.1 Å². The van der Waals surface area contributed by atoms with Crippen molar-refractivity contribution >= 4 is 11.3 Å². The number of hydrazine groups is 1. The third kappa shape index (κ3) is 3.15. The fourth-order valence-corrected chi connectivity index (χ4v) is 3.04. The number of imidazole rings is 1. The molecule has 2 rings (SSSR count). The van der Waals surface area contributed by atoms with Crippen LogP contribution in [-0.4, -0.2) is 16.7 Å². The van der Waals surface area contributed by atoms with Gasteiger partial charge in [-0.3, -0.25) is 11.3 Å². The molecule has 0 aromatic carbocycles. The zero-order valence-corrected chi connectivity index (χ0v) is 12.1. The molecule has 3 N–H and O–H groups in total. The monoisotopic (exact) mass is 280 g/mol. The van der Waals surface area contributed by atoms with Gasteiger partial charge in [0.05, 0.1) is 18.0 Å². The molecule has 0 amide bonds. The van der Waals surface area contributed by atoms with E-state index in [1.807, 2.05) is 23.8 Å². The van der Waals surface area contributed by atoms with Crippen molar-refractivity contribution in [2.75, 3.05) is 7.11 Å². The number of rotatable bonds is 7. The number of nitrogens with two attached hydrogens (primary N) is 1. The second-order valence-corrected chi connectivity index (χ2v) is 5.26. The van der Waals surface area contributed by atoms with Crippen LogP contribution >= 0.6 is 11.3 Å². The molecule has 6 heteroatoms. The number of nitrogens with one attached hydrogen (secondary N) is 1. The third-order valence-electron chi connectivity index (χ3n) is 3.05. The van der Waals surface area contributed by atoms with Gasteiger partial charge in [0.15, 0.2) is 0 Å². The molecule has 19 heavy (non-hydrogen) atoms. The molecule has 0 saturated heterocycles. The van der Waals surface area contributed by atoms with Gasteiger partial charge in [-0.2, -0.15) is 0 Å². The number of nitrogens with zero attached hydrogens (tertiary/aromatic N) is 2. The SMILES string of the molecule is CCCn1ccnc1CC(NN)c1sccc1OC. The first kappa shape index (κ1) is 14.0. The van der Waals surface area contributed by atoms with Crippen LogP contribution in [0.3, 0.4) is 0 Å². The van der Waals surface area contributed by atoms with Gasteiger partial charge in [0.25, 0.3) is 0 Å². The van der Waals surface area contributed by atoms with Gasteiger partial charge in [0.1, 0.15) is 11.6 Å². The summed E-state index contributed by atoms with van der Waals surface area (Å²) in [7, 11) is 1.68. The number of methoxy groups -OCH3 is 1. The minimum atomic E-state index is 0.0213. The smallest absolute Gasteiger partial charge is 0.134 e. The fourth-order valence-electron chi connectivity index (χ4n) is 2.12. The molecule has 2 aromatic rings. The summed E-state index contributed by atoms with van der Waals surface area (Å²) >= 11 is 1.64. The topological polar surface area (TPSA) is 65.1 Å². The number of aromatic nitrogens is 2. The Kier molecular flexibility index (Phi) is 4.95. The summed E-state index contributed by atoms with van der Waals surface area (Å²) in [5.74, 6) is 7.61. The first-order valence-corrected chi connectivity index (χ1v) is 7.25. The Morgan fingerprint density at radius 2 is 2.42 bits per heavy atom. The Bertz CT molecular complexity index is 508. The van der Waals surface area contributed by atoms with Crippen LogP contribution in [0.5, 0.6) is 5.75 Å². The quantitative estimate of drug-likeness (QED) is 0.602. The molecule has 0 radical (unpaired) electrons. The number of aryl methyl sites for hydroxylation is 1. The molecular weight excluding hydrogens is 260 g/mol. The maximum atomic E-state index is 5.69. The van der Waals surface area contributed by atoms with Gasteiger partial charge in [-0.15, -0.1) is 11.3 Å². The number of hydrogen-bond donors (Lipinski definition) is 2. The van der Waals surface area contributed by atoms with Crippen molar-refractivity contribution in [1.29, 1.82) is 0 Å². The van der Waals surface area contributed by atoms with E-state index >= 15 is 0 Å². The molecular formula is C13H20N4OS. The fraction of sp³-hybridized carbons (Fsp3) is 0.462.